The maximum atomic E-state index is 14.9. The first-order valence-electron chi connectivity index (χ1n) is 15.4. The van der Waals surface area contributed by atoms with Gasteiger partial charge in [0.2, 0.25) is 8.32 Å². The Kier molecular flexibility index (Phi) is 11.3. The van der Waals surface area contributed by atoms with Crippen molar-refractivity contribution < 1.29 is 18.3 Å². The molecule has 3 rings (SSSR count). The van der Waals surface area contributed by atoms with E-state index in [-0.39, 0.29) is 23.0 Å². The molecule has 7 nitrogen and oxygen atoms in total. The number of alkyl carbamates (subject to hydrolysis) is 1. The summed E-state index contributed by atoms with van der Waals surface area (Å²) in [6.45, 7) is 21.7. The largest absolute Gasteiger partial charge is 0.544 e. The number of hydrogen-bond acceptors (Lipinski definition) is 6. The minimum atomic E-state index is -1.98. The number of hydrogen-bond donors (Lipinski definition) is 1. The van der Waals surface area contributed by atoms with E-state index in [9.17, 15) is 14.4 Å². The van der Waals surface area contributed by atoms with Crippen LogP contribution >= 0.6 is 0 Å². The number of nitrogens with zero attached hydrogens (tertiary/aromatic N) is 3. The zero-order valence-electron chi connectivity index (χ0n) is 27.6. The highest BCUT2D eigenvalue weighted by atomic mass is 28.4. The van der Waals surface area contributed by atoms with Gasteiger partial charge in [-0.1, -0.05) is 20.8 Å². The maximum Gasteiger partial charge on any atom is 0.407 e. The van der Waals surface area contributed by atoms with Crippen molar-refractivity contribution in [1.82, 2.24) is 10.2 Å². The average molecular weight is 611 g/mol. The van der Waals surface area contributed by atoms with Gasteiger partial charge in [0, 0.05) is 49.5 Å². The van der Waals surface area contributed by atoms with E-state index in [1.54, 1.807) is 6.07 Å². The lowest BCUT2D eigenvalue weighted by atomic mass is 9.99. The van der Waals surface area contributed by atoms with Gasteiger partial charge in [0.15, 0.2) is 0 Å². The highest BCUT2D eigenvalue weighted by Gasteiger charge is 2.39. The number of anilines is 1. The van der Waals surface area contributed by atoms with Crippen LogP contribution < -0.4 is 14.6 Å². The Balaban J connectivity index is 1.72. The lowest BCUT2D eigenvalue weighted by Crippen LogP contribution is -2.48. The molecule has 236 valence electrons. The zero-order chi connectivity index (χ0) is 32.0. The first kappa shape index (κ1) is 34.4. The molecule has 1 fully saturated rings. The van der Waals surface area contributed by atoms with E-state index in [4.69, 9.17) is 9.16 Å². The Morgan fingerprint density at radius 2 is 1.74 bits per heavy atom. The van der Waals surface area contributed by atoms with E-state index < -0.39 is 13.9 Å². The molecule has 1 heterocycles. The molecule has 1 saturated heterocycles. The summed E-state index contributed by atoms with van der Waals surface area (Å²) >= 11 is 0. The average Bonchev–Trinajstić information content (AvgIpc) is 2.91. The molecule has 1 amide bonds. The molecule has 1 aliphatic rings. The van der Waals surface area contributed by atoms with Crippen molar-refractivity contribution in [3.05, 3.63) is 59.4 Å². The van der Waals surface area contributed by atoms with E-state index in [0.29, 0.717) is 30.3 Å². The molecule has 0 aromatic heterocycles. The number of nitrogens with one attached hydrogen (secondary N) is 1. The first-order chi connectivity index (χ1) is 20.0. The Morgan fingerprint density at radius 3 is 2.30 bits per heavy atom. The molecule has 9 heteroatoms. The van der Waals surface area contributed by atoms with Gasteiger partial charge in [-0.2, -0.15) is 5.26 Å². The number of halogens is 1. The number of amides is 1. The Labute approximate surface area is 259 Å². The van der Waals surface area contributed by atoms with E-state index >= 15 is 0 Å². The van der Waals surface area contributed by atoms with Crippen molar-refractivity contribution >= 4 is 20.1 Å². The van der Waals surface area contributed by atoms with Crippen molar-refractivity contribution in [1.29, 1.82) is 5.26 Å². The summed E-state index contributed by atoms with van der Waals surface area (Å²) in [5, 5.41) is 12.4. The fourth-order valence-electron chi connectivity index (χ4n) is 5.05. The number of carbonyl (C=O) groups excluding carboxylic acids is 1. The van der Waals surface area contributed by atoms with E-state index in [0.717, 1.165) is 43.8 Å². The highest BCUT2D eigenvalue weighted by Crippen LogP contribution is 2.38. The van der Waals surface area contributed by atoms with Gasteiger partial charge >= 0.3 is 6.09 Å². The quantitative estimate of drug-likeness (QED) is 0.276. The third-order valence-electron chi connectivity index (χ3n) is 8.66. The van der Waals surface area contributed by atoms with Gasteiger partial charge in [0.05, 0.1) is 11.6 Å². The minimum Gasteiger partial charge on any atom is -0.544 e. The van der Waals surface area contributed by atoms with Gasteiger partial charge in [0.25, 0.3) is 0 Å². The molecular weight excluding hydrogens is 559 g/mol. The highest BCUT2D eigenvalue weighted by molar-refractivity contribution is 6.74. The third-order valence-corrected chi connectivity index (χ3v) is 13.0. The monoisotopic (exact) mass is 610 g/mol. The minimum absolute atomic E-state index is 0.0951. The van der Waals surface area contributed by atoms with Gasteiger partial charge in [-0.15, -0.1) is 0 Å². The second kappa shape index (κ2) is 14.1. The SMILES string of the molecule is CC(CCNC(=O)OC(C)(C)C)N1CCC(N(Cc2cc(C#N)ccc2F)c2ccc(O[Si](C)(C)C(C)(C)C)cc2)CC1. The summed E-state index contributed by atoms with van der Waals surface area (Å²) in [5.41, 5.74) is 1.47. The summed E-state index contributed by atoms with van der Waals surface area (Å²) in [7, 11) is -1.98. The summed E-state index contributed by atoms with van der Waals surface area (Å²) in [4.78, 5) is 16.7. The molecule has 1 aliphatic heterocycles. The number of rotatable bonds is 10. The number of carbonyl (C=O) groups is 1. The van der Waals surface area contributed by atoms with Gasteiger partial charge < -0.3 is 24.3 Å². The number of benzene rings is 2. The van der Waals surface area contributed by atoms with Crippen LogP contribution in [-0.2, 0) is 11.3 Å². The Morgan fingerprint density at radius 1 is 1.12 bits per heavy atom. The second-order valence-electron chi connectivity index (χ2n) is 14.2. The second-order valence-corrected chi connectivity index (χ2v) is 19.0. The van der Waals surface area contributed by atoms with Crippen LogP contribution in [-0.4, -0.2) is 56.6 Å². The van der Waals surface area contributed by atoms with E-state index in [2.05, 4.69) is 74.1 Å². The first-order valence-corrected chi connectivity index (χ1v) is 18.3. The van der Waals surface area contributed by atoms with Crippen LogP contribution in [0.5, 0.6) is 5.75 Å². The smallest absolute Gasteiger partial charge is 0.407 e. The lowest BCUT2D eigenvalue weighted by molar-refractivity contribution is 0.0521. The molecule has 2 aromatic rings. The summed E-state index contributed by atoms with van der Waals surface area (Å²) in [6, 6.07) is 15.4. The van der Waals surface area contributed by atoms with Crippen LogP contribution in [0.25, 0.3) is 0 Å². The van der Waals surface area contributed by atoms with Gasteiger partial charge in [-0.25, -0.2) is 9.18 Å². The number of piperidine rings is 1. The van der Waals surface area contributed by atoms with Crippen molar-refractivity contribution in [2.45, 2.75) is 110 Å². The molecular formula is C34H51FN4O3Si. The van der Waals surface area contributed by atoms with Crippen molar-refractivity contribution in [2.75, 3.05) is 24.5 Å². The Bertz CT molecular complexity index is 1260. The topological polar surface area (TPSA) is 77.8 Å². The maximum absolute atomic E-state index is 14.9. The van der Waals surface area contributed by atoms with Gasteiger partial charge in [-0.05, 0) is 108 Å². The standard InChI is InChI=1S/C34H51FN4O3Si/c1-25(16-19-37-32(40)41-33(2,3)4)38-20-17-29(18-21-38)39(24-27-22-26(23-36)10-15-31(27)35)28-11-13-30(14-12-28)42-43(8,9)34(5,6)7/h10-15,22,25,29H,16-21,24H2,1-9H3,(H,37,40). The molecule has 0 saturated carbocycles. The third kappa shape index (κ3) is 9.97. The van der Waals surface area contributed by atoms with Crippen LogP contribution in [0.1, 0.15) is 78.9 Å². The molecule has 0 spiro atoms. The summed E-state index contributed by atoms with van der Waals surface area (Å²) in [5.74, 6) is 0.557. The molecule has 2 aromatic carbocycles. The predicted octanol–water partition coefficient (Wildman–Crippen LogP) is 7.86. The number of nitriles is 1. The zero-order valence-corrected chi connectivity index (χ0v) is 28.6. The van der Waals surface area contributed by atoms with Gasteiger partial charge in [-0.3, -0.25) is 0 Å². The van der Waals surface area contributed by atoms with Crippen LogP contribution in [0.2, 0.25) is 18.1 Å². The number of likely N-dealkylation sites (tertiary alicyclic amines) is 1. The summed E-state index contributed by atoms with van der Waals surface area (Å²) < 4.78 is 26.8. The molecule has 0 aliphatic carbocycles. The number of ether oxygens (including phenoxy) is 1. The fraction of sp³-hybridized carbons (Fsp3) is 0.588. The van der Waals surface area contributed by atoms with Crippen LogP contribution in [0.3, 0.4) is 0 Å². The molecule has 1 N–H and O–H groups in total. The van der Waals surface area contributed by atoms with E-state index in [1.165, 1.54) is 12.1 Å². The van der Waals surface area contributed by atoms with Crippen LogP contribution in [0.4, 0.5) is 14.9 Å². The lowest BCUT2D eigenvalue weighted by Gasteiger charge is -2.42. The van der Waals surface area contributed by atoms with Crippen molar-refractivity contribution in [3.63, 3.8) is 0 Å². The fourth-order valence-corrected chi connectivity index (χ4v) is 6.08. The van der Waals surface area contributed by atoms with Crippen molar-refractivity contribution in [3.8, 4) is 11.8 Å². The van der Waals surface area contributed by atoms with Gasteiger partial charge in [0.1, 0.15) is 17.2 Å². The molecule has 0 bridgehead atoms. The molecule has 1 atom stereocenters. The predicted molar refractivity (Wildman–Crippen MR) is 174 cm³/mol. The molecule has 43 heavy (non-hydrogen) atoms. The van der Waals surface area contributed by atoms with E-state index in [1.807, 2.05) is 32.9 Å². The molecule has 0 radical (unpaired) electrons. The van der Waals surface area contributed by atoms with Crippen molar-refractivity contribution in [2.24, 2.45) is 0 Å². The van der Waals surface area contributed by atoms with Crippen LogP contribution in [0.15, 0.2) is 42.5 Å². The normalized spacial score (nSPS) is 15.8. The Hall–Kier alpha value is -3.09. The summed E-state index contributed by atoms with van der Waals surface area (Å²) in [6.07, 6.45) is 2.29. The molecule has 1 unspecified atom stereocenters. The van der Waals surface area contributed by atoms with Crippen LogP contribution in [0, 0.1) is 17.1 Å².